The number of halogens is 3. The number of fused-ring (bicyclic) bond motifs is 1. The molecule has 0 fully saturated rings. The highest BCUT2D eigenvalue weighted by Crippen LogP contribution is 2.47. The van der Waals surface area contributed by atoms with E-state index in [1.807, 2.05) is 123 Å². The molecule has 1 atom stereocenters. The summed E-state index contributed by atoms with van der Waals surface area (Å²) in [6.07, 6.45) is 0. The van der Waals surface area contributed by atoms with Crippen LogP contribution in [0.1, 0.15) is 129 Å². The van der Waals surface area contributed by atoms with Crippen LogP contribution in [0.4, 0.5) is 5.69 Å². The number of nitrogens with one attached hydrogen (secondary N) is 1. The Morgan fingerprint density at radius 2 is 0.771 bits per heavy atom. The summed E-state index contributed by atoms with van der Waals surface area (Å²) in [5.74, 6) is -0.718. The zero-order valence-electron chi connectivity index (χ0n) is 42.2. The number of carbonyl (C=O) groups is 4. The Balaban J connectivity index is 0.000000498. The van der Waals surface area contributed by atoms with E-state index >= 15 is 0 Å². The molecule has 5 N–H and O–H groups in total. The standard InChI is InChI=1S/C21H17NO2.C19H16O3.C8H4Cl2O2.C2H3ClO.4C2H6/c1-14-6-8-15(9-7-14)21(16-10-12-17(23)13-11-16)18-4-2-3-5-19(18)22-20(21)24;20-16-7-1-13(2-8-16)19(14-3-9-17(21)10-4-14)15-5-11-18(22)12-6-15;9-7(11)5-1-2-6(4-3-5)8(10)12;1-2(3)4;4*1-2/h2-13,23H,1H3,(H,22,24);1-12,19-22H;1-4H;1H3;4*1-2H3/i;19T;;;;;;. The molecule has 70 heavy (non-hydrogen) atoms. The Morgan fingerprint density at radius 3 is 1.09 bits per heavy atom. The van der Waals surface area contributed by atoms with Crippen LogP contribution in [0.2, 0.25) is 0 Å². The molecule has 0 spiro atoms. The minimum atomic E-state index is -1.23. The molecule has 0 aliphatic carbocycles. The van der Waals surface area contributed by atoms with Crippen molar-refractivity contribution in [1.29, 1.82) is 0 Å². The highest BCUT2D eigenvalue weighted by atomic mass is 35.5. The molecule has 8 rings (SSSR count). The maximum absolute atomic E-state index is 13.2. The summed E-state index contributed by atoms with van der Waals surface area (Å²) in [5, 5.41) is 39.7. The van der Waals surface area contributed by atoms with Gasteiger partial charge in [0.1, 0.15) is 28.4 Å². The number of aryl methyl sites for hydroxylation is 1. The number of hydrogen-bond donors (Lipinski definition) is 5. The number of aromatic hydroxyl groups is 4. The molecule has 9 nitrogen and oxygen atoms in total. The normalized spacial score (nSPS) is 12.6. The molecule has 1 unspecified atom stereocenters. The van der Waals surface area contributed by atoms with Crippen LogP contribution in [0.25, 0.3) is 0 Å². The van der Waals surface area contributed by atoms with Gasteiger partial charge < -0.3 is 25.7 Å². The number of para-hydroxylation sites is 1. The Morgan fingerprint density at radius 1 is 0.486 bits per heavy atom. The van der Waals surface area contributed by atoms with Crippen LogP contribution in [-0.4, -0.2) is 42.1 Å². The van der Waals surface area contributed by atoms with Gasteiger partial charge in [0.05, 0.1) is 0 Å². The summed E-state index contributed by atoms with van der Waals surface area (Å²) in [7, 11) is 0. The van der Waals surface area contributed by atoms with Gasteiger partial charge in [-0.25, -0.2) is 0 Å². The van der Waals surface area contributed by atoms with Crippen molar-refractivity contribution in [3.8, 4) is 23.0 Å². The average Bonchev–Trinajstić information content (AvgIpc) is 3.69. The zero-order chi connectivity index (χ0) is 53.9. The molecule has 0 saturated carbocycles. The molecule has 7 aromatic carbocycles. The van der Waals surface area contributed by atoms with Crippen molar-refractivity contribution in [1.82, 2.24) is 0 Å². The number of anilines is 1. The Labute approximate surface area is 429 Å². The summed E-state index contributed by atoms with van der Waals surface area (Å²) in [6, 6.07) is 47.9. The molecule has 7 aromatic rings. The average molecular weight is 1010 g/mol. The van der Waals surface area contributed by atoms with E-state index in [2.05, 4.69) is 16.9 Å². The van der Waals surface area contributed by atoms with Crippen molar-refractivity contribution in [2.45, 2.75) is 80.5 Å². The second-order valence-corrected chi connectivity index (χ2v) is 15.0. The van der Waals surface area contributed by atoms with Crippen molar-refractivity contribution in [2.24, 2.45) is 0 Å². The topological polar surface area (TPSA) is 161 Å². The van der Waals surface area contributed by atoms with Crippen molar-refractivity contribution < 1.29 is 41.0 Å². The van der Waals surface area contributed by atoms with Crippen LogP contribution in [0.5, 0.6) is 23.0 Å². The lowest BCUT2D eigenvalue weighted by Crippen LogP contribution is -2.36. The molecule has 370 valence electrons. The number of rotatable bonds is 7. The molecule has 0 radical (unpaired) electrons. The van der Waals surface area contributed by atoms with E-state index < -0.39 is 21.8 Å². The molecular formula is C58H64Cl3NO8. The molecule has 1 amide bonds. The van der Waals surface area contributed by atoms with E-state index in [1.165, 1.54) is 31.2 Å². The number of phenolic OH excluding ortho intramolecular Hbond substituents is 4. The molecule has 0 saturated heterocycles. The van der Waals surface area contributed by atoms with Gasteiger partial charge in [0, 0.05) is 36.6 Å². The lowest BCUT2D eigenvalue weighted by molar-refractivity contribution is -0.118. The lowest BCUT2D eigenvalue weighted by atomic mass is 9.70. The Kier molecular flexibility index (Phi) is 27.1. The maximum atomic E-state index is 13.2. The van der Waals surface area contributed by atoms with Crippen LogP contribution in [0.3, 0.4) is 0 Å². The van der Waals surface area contributed by atoms with Gasteiger partial charge >= 0.3 is 0 Å². The van der Waals surface area contributed by atoms with Crippen LogP contribution in [0.15, 0.2) is 170 Å². The molecule has 0 aromatic heterocycles. The molecule has 1 heterocycles. The highest BCUT2D eigenvalue weighted by Gasteiger charge is 2.49. The Bertz CT molecular complexity index is 2500. The summed E-state index contributed by atoms with van der Waals surface area (Å²) in [4.78, 5) is 43.5. The van der Waals surface area contributed by atoms with Gasteiger partial charge in [-0.3, -0.25) is 19.2 Å². The minimum absolute atomic E-state index is 0.0711. The van der Waals surface area contributed by atoms with Gasteiger partial charge in [-0.1, -0.05) is 152 Å². The van der Waals surface area contributed by atoms with Crippen LogP contribution in [-0.2, 0) is 15.0 Å². The smallest absolute Gasteiger partial charge is 0.252 e. The van der Waals surface area contributed by atoms with Gasteiger partial charge in [0.25, 0.3) is 10.5 Å². The number of hydrogen-bond acceptors (Lipinski definition) is 8. The van der Waals surface area contributed by atoms with Crippen LogP contribution < -0.4 is 5.32 Å². The quantitative estimate of drug-likeness (QED) is 0.0779. The van der Waals surface area contributed by atoms with E-state index in [1.54, 1.807) is 84.9 Å². The van der Waals surface area contributed by atoms with E-state index in [0.717, 1.165) is 27.9 Å². The molecule has 1 aliphatic rings. The fourth-order valence-electron chi connectivity index (χ4n) is 6.63. The van der Waals surface area contributed by atoms with Crippen LogP contribution in [0, 0.1) is 6.92 Å². The van der Waals surface area contributed by atoms with Gasteiger partial charge in [-0.2, -0.15) is 0 Å². The number of amides is 1. The largest absolute Gasteiger partial charge is 0.508 e. The monoisotopic (exact) mass is 1010 g/mol. The highest BCUT2D eigenvalue weighted by molar-refractivity contribution is 6.68. The lowest BCUT2D eigenvalue weighted by Gasteiger charge is -2.29. The van der Waals surface area contributed by atoms with Crippen LogP contribution >= 0.6 is 34.8 Å². The third-order valence-corrected chi connectivity index (χ3v) is 9.95. The Hall–Kier alpha value is -6.91. The summed E-state index contributed by atoms with van der Waals surface area (Å²) >= 11 is 15.0. The number of phenols is 4. The van der Waals surface area contributed by atoms with E-state index in [-0.39, 0.29) is 34.1 Å². The van der Waals surface area contributed by atoms with Gasteiger partial charge in [-0.05, 0) is 148 Å². The summed E-state index contributed by atoms with van der Waals surface area (Å²) < 4.78 is 9.11. The first-order valence-corrected chi connectivity index (χ1v) is 23.9. The van der Waals surface area contributed by atoms with Gasteiger partial charge in [-0.15, -0.1) is 0 Å². The maximum Gasteiger partial charge on any atom is 0.252 e. The van der Waals surface area contributed by atoms with E-state index in [9.17, 15) is 39.6 Å². The molecule has 1 aliphatic heterocycles. The van der Waals surface area contributed by atoms with Crippen molar-refractivity contribution >= 4 is 62.1 Å². The zero-order valence-corrected chi connectivity index (χ0v) is 43.5. The number of carbonyl (C=O) groups excluding carboxylic acids is 4. The second kappa shape index (κ2) is 32.0. The number of benzene rings is 7. The molecular weight excluding hydrogens is 945 g/mol. The van der Waals surface area contributed by atoms with Crippen molar-refractivity contribution in [3.63, 3.8) is 0 Å². The summed E-state index contributed by atoms with van der Waals surface area (Å²) in [6.45, 7) is 19.3. The first-order valence-electron chi connectivity index (χ1n) is 23.3. The predicted molar refractivity (Wildman–Crippen MR) is 288 cm³/mol. The third kappa shape index (κ3) is 17.6. The second-order valence-electron chi connectivity index (χ2n) is 13.8. The van der Waals surface area contributed by atoms with Crippen molar-refractivity contribution in [3.05, 3.63) is 220 Å². The third-order valence-electron chi connectivity index (χ3n) is 9.51. The van der Waals surface area contributed by atoms with Gasteiger partial charge in [0.15, 0.2) is 0 Å². The van der Waals surface area contributed by atoms with Crippen molar-refractivity contribution in [2.75, 3.05) is 5.32 Å². The summed E-state index contributed by atoms with van der Waals surface area (Å²) in [5.41, 5.74) is 6.47. The molecule has 0 bridgehead atoms. The SMILES string of the molecule is CC.CC.CC.CC.CC(=O)Cl.Cc1ccc(C2(c3ccc(O)cc3)C(=O)Nc3ccccc32)cc1.O=C(Cl)c1ccc(C(=O)Cl)cc1.[3H]C(c1ccc(O)cc1)(c1ccc(O)cc1)c1ccc(O)cc1. The predicted octanol–water partition coefficient (Wildman–Crippen LogP) is 15.3. The van der Waals surface area contributed by atoms with E-state index in [0.29, 0.717) is 27.8 Å². The fraction of sp³-hybridized carbons (Fsp3) is 0.207. The van der Waals surface area contributed by atoms with Gasteiger partial charge in [0.2, 0.25) is 11.1 Å². The fourth-order valence-corrected chi connectivity index (χ4v) is 6.88. The van der Waals surface area contributed by atoms with E-state index in [4.69, 9.17) is 24.6 Å². The minimum Gasteiger partial charge on any atom is -0.508 e. The molecule has 12 heteroatoms. The first kappa shape index (κ1) is 59.2. The first-order chi connectivity index (χ1) is 34.0.